The second-order valence-corrected chi connectivity index (χ2v) is 9.85. The van der Waals surface area contributed by atoms with E-state index in [0.717, 1.165) is 42.6 Å². The van der Waals surface area contributed by atoms with Gasteiger partial charge in [0.1, 0.15) is 6.07 Å². The van der Waals surface area contributed by atoms with Crippen LogP contribution < -0.4 is 10.1 Å². The Morgan fingerprint density at radius 3 is 2.68 bits per heavy atom. The average Bonchev–Trinajstić information content (AvgIpc) is 3.46. The Kier molecular flexibility index (Phi) is 5.30. The Morgan fingerprint density at radius 1 is 1.15 bits per heavy atom. The molecule has 34 heavy (non-hydrogen) atoms. The van der Waals surface area contributed by atoms with Gasteiger partial charge in [0.05, 0.1) is 33.1 Å². The first-order valence-electron chi connectivity index (χ1n) is 10.8. The van der Waals surface area contributed by atoms with Crippen LogP contribution in [0, 0.1) is 18.3 Å². The van der Waals surface area contributed by atoms with Crippen molar-refractivity contribution in [1.82, 2.24) is 20.1 Å². The van der Waals surface area contributed by atoms with Crippen LogP contribution in [0.2, 0.25) is 0 Å². The molecule has 4 aromatic rings. The van der Waals surface area contributed by atoms with Crippen LogP contribution in [0.15, 0.2) is 47.5 Å². The first-order valence-corrected chi connectivity index (χ1v) is 12.2. The first kappa shape index (κ1) is 21.7. The first-order chi connectivity index (χ1) is 16.4. The lowest BCUT2D eigenvalue weighted by atomic mass is 10.0. The third-order valence-electron chi connectivity index (χ3n) is 5.96. The molecule has 5 rings (SSSR count). The molecule has 11 heteroatoms. The smallest absolute Gasteiger partial charge is 0.271 e. The number of hydrogen-bond acceptors (Lipinski definition) is 6. The summed E-state index contributed by atoms with van der Waals surface area (Å²) in [6, 6.07) is 11.1. The Balaban J connectivity index is 1.36. The van der Waals surface area contributed by atoms with Gasteiger partial charge < -0.3 is 4.98 Å². The fourth-order valence-electron chi connectivity index (χ4n) is 4.20. The number of carbonyl (C=O) groups is 1. The number of nitrogens with zero attached hydrogens (tertiary/aromatic N) is 4. The molecule has 0 bridgehead atoms. The van der Waals surface area contributed by atoms with Crippen molar-refractivity contribution in [3.63, 3.8) is 0 Å². The molecule has 0 unspecified atom stereocenters. The van der Waals surface area contributed by atoms with E-state index in [2.05, 4.69) is 31.5 Å². The second-order valence-electron chi connectivity index (χ2n) is 8.17. The highest BCUT2D eigenvalue weighted by atomic mass is 32.2. The molecule has 1 aliphatic carbocycles. The number of carbonyl (C=O) groups excluding carboxylic acids is 1. The molecule has 2 aromatic carbocycles. The van der Waals surface area contributed by atoms with Gasteiger partial charge in [-0.15, -0.1) is 5.10 Å². The largest absolute Gasteiger partial charge is 0.358 e. The quantitative estimate of drug-likeness (QED) is 0.404. The van der Waals surface area contributed by atoms with Gasteiger partial charge in [-0.1, -0.05) is 6.07 Å². The molecule has 0 aliphatic heterocycles. The van der Waals surface area contributed by atoms with Crippen molar-refractivity contribution in [3.8, 4) is 6.07 Å². The van der Waals surface area contributed by atoms with Crippen molar-refractivity contribution in [1.29, 1.82) is 5.26 Å². The van der Waals surface area contributed by atoms with Gasteiger partial charge >= 0.3 is 0 Å². The number of aromatic nitrogens is 4. The van der Waals surface area contributed by atoms with Crippen LogP contribution in [-0.2, 0) is 22.9 Å². The van der Waals surface area contributed by atoms with E-state index in [1.807, 2.05) is 6.92 Å². The number of anilines is 1. The second kappa shape index (κ2) is 8.31. The number of amides is 1. The van der Waals surface area contributed by atoms with Crippen molar-refractivity contribution in [2.24, 2.45) is 0 Å². The molecule has 2 aromatic heterocycles. The molecule has 3 N–H and O–H groups in total. The summed E-state index contributed by atoms with van der Waals surface area (Å²) < 4.78 is 28.6. The predicted octanol–water partition coefficient (Wildman–Crippen LogP) is 3.00. The number of nitriles is 1. The van der Waals surface area contributed by atoms with Gasteiger partial charge in [0.25, 0.3) is 15.9 Å². The lowest BCUT2D eigenvalue weighted by molar-refractivity contribution is 0.100. The summed E-state index contributed by atoms with van der Waals surface area (Å²) in [6.07, 6.45) is 5.27. The summed E-state index contributed by atoms with van der Waals surface area (Å²) in [4.78, 5) is 17.0. The van der Waals surface area contributed by atoms with Crippen LogP contribution in [0.5, 0.6) is 0 Å². The summed E-state index contributed by atoms with van der Waals surface area (Å²) in [7, 11) is -3.93. The number of rotatable bonds is 5. The minimum absolute atomic E-state index is 0.00275. The van der Waals surface area contributed by atoms with Gasteiger partial charge in [0.2, 0.25) is 0 Å². The van der Waals surface area contributed by atoms with Crippen LogP contribution in [0.3, 0.4) is 0 Å². The van der Waals surface area contributed by atoms with Gasteiger partial charge in [0.15, 0.2) is 0 Å². The van der Waals surface area contributed by atoms with Gasteiger partial charge in [-0.25, -0.2) is 13.8 Å². The summed E-state index contributed by atoms with van der Waals surface area (Å²) >= 11 is 0. The zero-order chi connectivity index (χ0) is 23.9. The van der Waals surface area contributed by atoms with Crippen LogP contribution in [0.1, 0.15) is 45.7 Å². The molecule has 0 saturated heterocycles. The van der Waals surface area contributed by atoms with Crippen molar-refractivity contribution in [2.75, 3.05) is 10.1 Å². The zero-order valence-corrected chi connectivity index (χ0v) is 19.1. The maximum atomic E-state index is 13.0. The van der Waals surface area contributed by atoms with E-state index in [0.29, 0.717) is 27.7 Å². The average molecular weight is 476 g/mol. The van der Waals surface area contributed by atoms with E-state index >= 15 is 0 Å². The van der Waals surface area contributed by atoms with Gasteiger partial charge in [-0.2, -0.15) is 10.1 Å². The highest BCUT2D eigenvalue weighted by molar-refractivity contribution is 7.92. The number of H-pyrrole nitrogens is 1. The molecule has 172 valence electrons. The third kappa shape index (κ3) is 3.78. The Labute approximate surface area is 195 Å². The van der Waals surface area contributed by atoms with Crippen LogP contribution in [-0.4, -0.2) is 34.4 Å². The maximum Gasteiger partial charge on any atom is 0.271 e. The van der Waals surface area contributed by atoms with Crippen molar-refractivity contribution in [3.05, 3.63) is 70.7 Å². The molecule has 0 spiro atoms. The molecule has 1 amide bonds. The Morgan fingerprint density at radius 2 is 1.91 bits per heavy atom. The number of benzene rings is 2. The molecule has 0 radical (unpaired) electrons. The molecule has 0 saturated carbocycles. The van der Waals surface area contributed by atoms with Crippen molar-refractivity contribution in [2.45, 2.75) is 37.5 Å². The Bertz CT molecular complexity index is 1560. The Hall–Kier alpha value is -4.17. The van der Waals surface area contributed by atoms with Gasteiger partial charge in [-0.3, -0.25) is 9.52 Å². The minimum atomic E-state index is -3.93. The fourth-order valence-corrected chi connectivity index (χ4v) is 5.27. The normalized spacial score (nSPS) is 13.3. The number of fused-ring (bicyclic) bond motifs is 2. The lowest BCUT2D eigenvalue weighted by Crippen LogP contribution is -2.26. The SMILES string of the molecule is Cc1ccc(NS(=O)(=O)c2ccc(C(=O)Nn3nnc4c3CCCC4)cc2)c2[nH]cc(C#N)c12. The predicted molar refractivity (Wildman–Crippen MR) is 125 cm³/mol. The molecule has 0 fully saturated rings. The van der Waals surface area contributed by atoms with Gasteiger partial charge in [-0.05, 0) is 73.7 Å². The van der Waals surface area contributed by atoms with Crippen LogP contribution in [0.25, 0.3) is 10.9 Å². The van der Waals surface area contributed by atoms with Gasteiger partial charge in [0, 0.05) is 17.1 Å². The number of aryl methyl sites for hydroxylation is 2. The number of hydrogen-bond donors (Lipinski definition) is 3. The van der Waals surface area contributed by atoms with Crippen molar-refractivity contribution >= 4 is 32.5 Å². The molecule has 1 aliphatic rings. The van der Waals surface area contributed by atoms with Crippen molar-refractivity contribution < 1.29 is 13.2 Å². The molecule has 2 heterocycles. The highest BCUT2D eigenvalue weighted by Gasteiger charge is 2.21. The number of nitrogens with one attached hydrogen (secondary N) is 3. The summed E-state index contributed by atoms with van der Waals surface area (Å²) in [5.41, 5.74) is 6.96. The number of sulfonamides is 1. The van der Waals surface area contributed by atoms with Crippen LogP contribution in [0.4, 0.5) is 5.69 Å². The van der Waals surface area contributed by atoms with E-state index in [9.17, 15) is 18.5 Å². The topological polar surface area (TPSA) is 146 Å². The molecule has 0 atom stereocenters. The molecular weight excluding hydrogens is 454 g/mol. The zero-order valence-electron chi connectivity index (χ0n) is 18.3. The highest BCUT2D eigenvalue weighted by Crippen LogP contribution is 2.30. The standard InChI is InChI=1S/C23H21N7O3S/c1-14-6-11-19(22-21(14)16(12-24)13-25-22)28-34(32,33)17-9-7-15(8-10-17)23(31)27-30-20-5-3-2-4-18(20)26-29-30/h6-11,13,25,28H,2-5H2,1H3,(H,27,31). The molecule has 10 nitrogen and oxygen atoms in total. The third-order valence-corrected chi connectivity index (χ3v) is 7.35. The summed E-state index contributed by atoms with van der Waals surface area (Å²) in [5.74, 6) is -0.411. The van der Waals surface area contributed by atoms with E-state index in [4.69, 9.17) is 0 Å². The maximum absolute atomic E-state index is 13.0. The summed E-state index contributed by atoms with van der Waals surface area (Å²) in [5, 5.41) is 18.1. The van der Waals surface area contributed by atoms with Crippen LogP contribution >= 0.6 is 0 Å². The number of aromatic amines is 1. The van der Waals surface area contributed by atoms with E-state index in [1.54, 1.807) is 18.3 Å². The lowest BCUT2D eigenvalue weighted by Gasteiger charge is -2.13. The fraction of sp³-hybridized carbons (Fsp3) is 0.217. The van der Waals surface area contributed by atoms with E-state index < -0.39 is 15.9 Å². The van der Waals surface area contributed by atoms with E-state index in [-0.39, 0.29) is 4.90 Å². The molecular formula is C23H21N7O3S. The van der Waals surface area contributed by atoms with E-state index in [1.165, 1.54) is 29.1 Å². The summed E-state index contributed by atoms with van der Waals surface area (Å²) in [6.45, 7) is 1.86. The monoisotopic (exact) mass is 475 g/mol. The minimum Gasteiger partial charge on any atom is -0.358 e.